The fraction of sp³-hybridized carbons (Fsp3) is 0.636. The summed E-state index contributed by atoms with van der Waals surface area (Å²) < 4.78 is 12.2. The van der Waals surface area contributed by atoms with Gasteiger partial charge < -0.3 is 15.2 Å². The molecule has 0 aromatic carbocycles. The molecule has 0 bridgehead atoms. The lowest BCUT2D eigenvalue weighted by molar-refractivity contribution is -0.104. The number of nitrogens with two attached hydrogens (primary N) is 1. The van der Waals surface area contributed by atoms with Crippen molar-refractivity contribution in [3.8, 4) is 0 Å². The fourth-order valence-corrected chi connectivity index (χ4v) is 3.85. The third kappa shape index (κ3) is 2.19. The number of hydrogen-bond acceptors (Lipinski definition) is 4. The standard InChI is InChI=1S/C11H16BrNO2S/c1-14-11(3-5-15-6-4-11)10(13)9-8(12)2-7-16-9/h2,7,10H,3-6,13H2,1H3. The van der Waals surface area contributed by atoms with Crippen LogP contribution < -0.4 is 5.73 Å². The third-order valence-electron chi connectivity index (χ3n) is 3.24. The van der Waals surface area contributed by atoms with Crippen LogP contribution in [0, 0.1) is 0 Å². The maximum Gasteiger partial charge on any atom is 0.0922 e. The number of ether oxygens (including phenoxy) is 2. The Bertz CT molecular complexity index is 350. The molecule has 90 valence electrons. The molecule has 1 saturated heterocycles. The number of methoxy groups -OCH3 is 1. The Kier molecular flexibility index (Phi) is 4.02. The Hall–Kier alpha value is 0.0600. The summed E-state index contributed by atoms with van der Waals surface area (Å²) in [6.45, 7) is 1.45. The van der Waals surface area contributed by atoms with Gasteiger partial charge in [0.1, 0.15) is 0 Å². The van der Waals surface area contributed by atoms with Crippen LogP contribution in [0.2, 0.25) is 0 Å². The van der Waals surface area contributed by atoms with Crippen molar-refractivity contribution >= 4 is 27.3 Å². The predicted molar refractivity (Wildman–Crippen MR) is 68.7 cm³/mol. The highest BCUT2D eigenvalue weighted by atomic mass is 79.9. The third-order valence-corrected chi connectivity index (χ3v) is 5.19. The van der Waals surface area contributed by atoms with Crippen LogP contribution in [0.25, 0.3) is 0 Å². The van der Waals surface area contributed by atoms with Gasteiger partial charge in [0.2, 0.25) is 0 Å². The van der Waals surface area contributed by atoms with Crippen molar-refractivity contribution in [3.05, 3.63) is 20.8 Å². The minimum Gasteiger partial charge on any atom is -0.381 e. The monoisotopic (exact) mass is 305 g/mol. The van der Waals surface area contributed by atoms with E-state index in [0.717, 1.165) is 35.4 Å². The van der Waals surface area contributed by atoms with Crippen molar-refractivity contribution in [2.24, 2.45) is 5.73 Å². The van der Waals surface area contributed by atoms with E-state index < -0.39 is 0 Å². The van der Waals surface area contributed by atoms with Gasteiger partial charge in [0, 0.05) is 42.5 Å². The van der Waals surface area contributed by atoms with Crippen molar-refractivity contribution in [2.45, 2.75) is 24.5 Å². The minimum atomic E-state index is -0.272. The Balaban J connectivity index is 2.24. The van der Waals surface area contributed by atoms with Crippen LogP contribution in [-0.4, -0.2) is 25.9 Å². The molecule has 0 spiro atoms. The fourth-order valence-electron chi connectivity index (χ4n) is 2.13. The average Bonchev–Trinajstić information content (AvgIpc) is 2.75. The van der Waals surface area contributed by atoms with Crippen molar-refractivity contribution in [1.29, 1.82) is 0 Å². The van der Waals surface area contributed by atoms with E-state index in [1.165, 1.54) is 0 Å². The lowest BCUT2D eigenvalue weighted by atomic mass is 9.85. The summed E-state index contributed by atoms with van der Waals surface area (Å²) in [7, 11) is 1.74. The van der Waals surface area contributed by atoms with Gasteiger partial charge >= 0.3 is 0 Å². The highest BCUT2D eigenvalue weighted by molar-refractivity contribution is 9.10. The lowest BCUT2D eigenvalue weighted by Gasteiger charge is -2.40. The van der Waals surface area contributed by atoms with Crippen LogP contribution >= 0.6 is 27.3 Å². The molecule has 1 aliphatic heterocycles. The normalized spacial score (nSPS) is 21.9. The van der Waals surface area contributed by atoms with E-state index in [-0.39, 0.29) is 11.6 Å². The molecule has 1 unspecified atom stereocenters. The van der Waals surface area contributed by atoms with Crippen molar-refractivity contribution < 1.29 is 9.47 Å². The SMILES string of the molecule is COC1(C(N)c2sccc2Br)CCOCC1. The topological polar surface area (TPSA) is 44.5 Å². The Morgan fingerprint density at radius 3 is 2.75 bits per heavy atom. The van der Waals surface area contributed by atoms with Crippen LogP contribution in [0.3, 0.4) is 0 Å². The second-order valence-corrected chi connectivity index (χ2v) is 5.79. The van der Waals surface area contributed by atoms with Gasteiger partial charge in [-0.15, -0.1) is 11.3 Å². The number of thiophene rings is 1. The van der Waals surface area contributed by atoms with E-state index in [0.29, 0.717) is 0 Å². The largest absolute Gasteiger partial charge is 0.381 e. The molecule has 1 aromatic rings. The molecule has 1 aliphatic rings. The first-order chi connectivity index (χ1) is 7.69. The van der Waals surface area contributed by atoms with Gasteiger partial charge in [0.25, 0.3) is 0 Å². The Morgan fingerprint density at radius 2 is 2.25 bits per heavy atom. The molecule has 0 aliphatic carbocycles. The van der Waals surface area contributed by atoms with E-state index in [2.05, 4.69) is 15.9 Å². The zero-order chi connectivity index (χ0) is 11.6. The summed E-state index contributed by atoms with van der Waals surface area (Å²) in [6.07, 6.45) is 1.71. The second-order valence-electron chi connectivity index (χ2n) is 3.99. The molecule has 16 heavy (non-hydrogen) atoms. The summed E-state index contributed by atoms with van der Waals surface area (Å²) in [4.78, 5) is 1.16. The number of hydrogen-bond donors (Lipinski definition) is 1. The van der Waals surface area contributed by atoms with Gasteiger partial charge in [-0.25, -0.2) is 0 Å². The molecule has 0 radical (unpaired) electrons. The first kappa shape index (κ1) is 12.5. The van der Waals surface area contributed by atoms with Gasteiger partial charge in [-0.05, 0) is 27.4 Å². The second kappa shape index (κ2) is 5.14. The summed E-state index contributed by atoms with van der Waals surface area (Å²) in [5, 5.41) is 2.04. The molecule has 0 saturated carbocycles. The van der Waals surface area contributed by atoms with Crippen LogP contribution in [-0.2, 0) is 9.47 Å². The maximum atomic E-state index is 6.36. The van der Waals surface area contributed by atoms with Crippen molar-refractivity contribution in [3.63, 3.8) is 0 Å². The lowest BCUT2D eigenvalue weighted by Crippen LogP contribution is -2.47. The summed E-state index contributed by atoms with van der Waals surface area (Å²) in [5.41, 5.74) is 6.09. The molecule has 1 atom stereocenters. The molecule has 2 heterocycles. The van der Waals surface area contributed by atoms with Crippen molar-refractivity contribution in [2.75, 3.05) is 20.3 Å². The van der Waals surface area contributed by atoms with E-state index >= 15 is 0 Å². The van der Waals surface area contributed by atoms with Gasteiger partial charge in [-0.1, -0.05) is 0 Å². The number of halogens is 1. The molecule has 5 heteroatoms. The molecular formula is C11H16BrNO2S. The zero-order valence-electron chi connectivity index (χ0n) is 9.24. The summed E-state index contributed by atoms with van der Waals surface area (Å²) in [6, 6.07) is 1.94. The maximum absolute atomic E-state index is 6.36. The van der Waals surface area contributed by atoms with Gasteiger partial charge in [-0.2, -0.15) is 0 Å². The quantitative estimate of drug-likeness (QED) is 0.934. The van der Waals surface area contributed by atoms with Gasteiger partial charge in [0.05, 0.1) is 11.6 Å². The summed E-state index contributed by atoms with van der Waals surface area (Å²) >= 11 is 5.20. The van der Waals surface area contributed by atoms with Crippen LogP contribution in [0.15, 0.2) is 15.9 Å². The first-order valence-electron chi connectivity index (χ1n) is 5.31. The van der Waals surface area contributed by atoms with E-state index in [1.807, 2.05) is 11.4 Å². The highest BCUT2D eigenvalue weighted by Crippen LogP contribution is 2.40. The van der Waals surface area contributed by atoms with Crippen LogP contribution in [0.1, 0.15) is 23.8 Å². The average molecular weight is 306 g/mol. The van der Waals surface area contributed by atoms with E-state index in [4.69, 9.17) is 15.2 Å². The van der Waals surface area contributed by atoms with E-state index in [9.17, 15) is 0 Å². The van der Waals surface area contributed by atoms with Gasteiger partial charge in [-0.3, -0.25) is 0 Å². The Morgan fingerprint density at radius 1 is 1.56 bits per heavy atom. The van der Waals surface area contributed by atoms with E-state index in [1.54, 1.807) is 18.4 Å². The molecule has 1 aromatic heterocycles. The Labute approximate surface area is 108 Å². The highest BCUT2D eigenvalue weighted by Gasteiger charge is 2.40. The zero-order valence-corrected chi connectivity index (χ0v) is 11.6. The van der Waals surface area contributed by atoms with Crippen LogP contribution in [0.5, 0.6) is 0 Å². The number of rotatable bonds is 3. The first-order valence-corrected chi connectivity index (χ1v) is 6.98. The molecule has 2 rings (SSSR count). The smallest absolute Gasteiger partial charge is 0.0922 e. The molecule has 3 nitrogen and oxygen atoms in total. The molecule has 2 N–H and O–H groups in total. The predicted octanol–water partition coefficient (Wildman–Crippen LogP) is 2.71. The molecule has 0 amide bonds. The summed E-state index contributed by atoms with van der Waals surface area (Å²) in [5.74, 6) is 0. The minimum absolute atomic E-state index is 0.0872. The van der Waals surface area contributed by atoms with Crippen LogP contribution in [0.4, 0.5) is 0 Å². The molecule has 1 fully saturated rings. The van der Waals surface area contributed by atoms with Crippen molar-refractivity contribution in [1.82, 2.24) is 0 Å². The molecular weight excluding hydrogens is 290 g/mol. The van der Waals surface area contributed by atoms with Gasteiger partial charge in [0.15, 0.2) is 0 Å².